The Morgan fingerprint density at radius 1 is 1.55 bits per heavy atom. The molecule has 6 heteroatoms. The van der Waals surface area contributed by atoms with Gasteiger partial charge in [0.05, 0.1) is 12.6 Å². The van der Waals surface area contributed by atoms with E-state index in [0.717, 1.165) is 12.2 Å². The molecule has 1 heterocycles. The van der Waals surface area contributed by atoms with E-state index in [4.69, 9.17) is 10.5 Å². The number of rotatable bonds is 7. The van der Waals surface area contributed by atoms with Crippen LogP contribution in [0.5, 0.6) is 0 Å². The Morgan fingerprint density at radius 2 is 2.25 bits per heavy atom. The van der Waals surface area contributed by atoms with Gasteiger partial charge in [-0.15, -0.1) is 11.8 Å². The maximum absolute atomic E-state index is 12.1. The minimum atomic E-state index is -0.363. The highest BCUT2D eigenvalue weighted by atomic mass is 32.2. The number of anilines is 1. The zero-order chi connectivity index (χ0) is 14.7. The van der Waals surface area contributed by atoms with Gasteiger partial charge in [-0.2, -0.15) is 5.10 Å². The molecule has 1 aromatic rings. The van der Waals surface area contributed by atoms with Gasteiger partial charge in [0.25, 0.3) is 0 Å². The van der Waals surface area contributed by atoms with Gasteiger partial charge >= 0.3 is 5.97 Å². The summed E-state index contributed by atoms with van der Waals surface area (Å²) in [6, 6.07) is 0.249. The fourth-order valence-corrected chi connectivity index (χ4v) is 3.08. The fourth-order valence-electron chi connectivity index (χ4n) is 2.21. The first-order valence-electron chi connectivity index (χ1n) is 7.28. The minimum absolute atomic E-state index is 0.249. The molecule has 1 aromatic heterocycles. The van der Waals surface area contributed by atoms with E-state index in [-0.39, 0.29) is 12.0 Å². The lowest BCUT2D eigenvalue weighted by Crippen LogP contribution is -2.14. The number of hydrogen-bond acceptors (Lipinski definition) is 5. The van der Waals surface area contributed by atoms with Crippen LogP contribution in [0.3, 0.4) is 0 Å². The van der Waals surface area contributed by atoms with E-state index in [1.807, 2.05) is 4.68 Å². The molecule has 20 heavy (non-hydrogen) atoms. The molecular formula is C14H23N3O2S. The molecule has 112 valence electrons. The normalized spacial score (nSPS) is 16.1. The van der Waals surface area contributed by atoms with Crippen molar-refractivity contribution in [2.45, 2.75) is 51.1 Å². The quantitative estimate of drug-likeness (QED) is 0.618. The molecule has 2 N–H and O–H groups in total. The molecule has 0 aliphatic heterocycles. The van der Waals surface area contributed by atoms with Gasteiger partial charge in [0.1, 0.15) is 16.4 Å². The summed E-state index contributed by atoms with van der Waals surface area (Å²) >= 11 is 1.57. The molecule has 0 spiro atoms. The third-order valence-electron chi connectivity index (χ3n) is 3.53. The van der Waals surface area contributed by atoms with Gasteiger partial charge in [0, 0.05) is 0 Å². The first-order chi connectivity index (χ1) is 9.60. The average molecular weight is 297 g/mol. The smallest absolute Gasteiger partial charge is 0.344 e. The Hall–Kier alpha value is -1.17. The lowest BCUT2D eigenvalue weighted by Gasteiger charge is -2.12. The fraction of sp³-hybridized carbons (Fsp3) is 0.714. The zero-order valence-electron chi connectivity index (χ0n) is 12.4. The molecule has 1 aliphatic carbocycles. The topological polar surface area (TPSA) is 70.1 Å². The summed E-state index contributed by atoms with van der Waals surface area (Å²) < 4.78 is 6.92. The molecular weight excluding hydrogens is 274 g/mol. The summed E-state index contributed by atoms with van der Waals surface area (Å²) in [4.78, 5) is 12.1. The summed E-state index contributed by atoms with van der Waals surface area (Å²) in [6.45, 7) is 6.36. The summed E-state index contributed by atoms with van der Waals surface area (Å²) in [5.74, 6) is 1.64. The van der Waals surface area contributed by atoms with Crippen molar-refractivity contribution in [3.8, 4) is 0 Å². The number of carbonyl (C=O) groups is 1. The Bertz CT molecular complexity index is 483. The molecule has 0 amide bonds. The van der Waals surface area contributed by atoms with E-state index in [1.165, 1.54) is 12.8 Å². The van der Waals surface area contributed by atoms with E-state index in [2.05, 4.69) is 18.9 Å². The van der Waals surface area contributed by atoms with E-state index >= 15 is 0 Å². The molecule has 0 bridgehead atoms. The van der Waals surface area contributed by atoms with E-state index < -0.39 is 0 Å². The van der Waals surface area contributed by atoms with Gasteiger partial charge < -0.3 is 10.5 Å². The third-order valence-corrected chi connectivity index (χ3v) is 4.70. The van der Waals surface area contributed by atoms with Gasteiger partial charge in [-0.3, -0.25) is 0 Å². The number of thioether (sulfide) groups is 1. The van der Waals surface area contributed by atoms with Crippen molar-refractivity contribution in [3.05, 3.63) is 5.56 Å². The summed E-state index contributed by atoms with van der Waals surface area (Å²) in [5, 5.41) is 5.27. The number of carbonyl (C=O) groups excluding carboxylic acids is 1. The van der Waals surface area contributed by atoms with Crippen LogP contribution in [0.4, 0.5) is 5.82 Å². The van der Waals surface area contributed by atoms with Crippen molar-refractivity contribution >= 4 is 23.5 Å². The van der Waals surface area contributed by atoms with Gasteiger partial charge in [-0.1, -0.05) is 6.92 Å². The Labute approximate surface area is 124 Å². The largest absolute Gasteiger partial charge is 0.462 e. The molecule has 5 nitrogen and oxygen atoms in total. The van der Waals surface area contributed by atoms with E-state index in [0.29, 0.717) is 28.9 Å². The second-order valence-electron chi connectivity index (χ2n) is 5.16. The number of esters is 1. The number of hydrogen-bond donors (Lipinski definition) is 1. The monoisotopic (exact) mass is 297 g/mol. The summed E-state index contributed by atoms with van der Waals surface area (Å²) in [5.41, 5.74) is 6.60. The molecule has 0 aromatic carbocycles. The number of ether oxygens (including phenoxy) is 1. The van der Waals surface area contributed by atoms with Crippen LogP contribution in [0.15, 0.2) is 5.03 Å². The first-order valence-corrected chi connectivity index (χ1v) is 8.26. The first kappa shape index (κ1) is 15.2. The molecule has 2 rings (SSSR count). The average Bonchev–Trinajstić information content (AvgIpc) is 3.20. The molecule has 1 saturated carbocycles. The zero-order valence-corrected chi connectivity index (χ0v) is 13.2. The lowest BCUT2D eigenvalue weighted by molar-refractivity contribution is 0.0523. The standard InChI is InChI=1S/C14H23N3O2S/c1-4-8-20-13-11(14(18)19-5-2)12(15)17(16-13)9(3)10-6-7-10/h9-10H,4-8,15H2,1-3H3. The second kappa shape index (κ2) is 6.52. The number of nitrogen functional groups attached to an aromatic ring is 1. The van der Waals surface area contributed by atoms with Gasteiger partial charge in [0.15, 0.2) is 0 Å². The summed E-state index contributed by atoms with van der Waals surface area (Å²) in [6.07, 6.45) is 3.46. The van der Waals surface area contributed by atoms with Crippen LogP contribution in [0.1, 0.15) is 56.4 Å². The molecule has 1 unspecified atom stereocenters. The summed E-state index contributed by atoms with van der Waals surface area (Å²) in [7, 11) is 0. The number of nitrogens with two attached hydrogens (primary N) is 1. The van der Waals surface area contributed by atoms with E-state index in [9.17, 15) is 4.79 Å². The van der Waals surface area contributed by atoms with Crippen molar-refractivity contribution in [3.63, 3.8) is 0 Å². The van der Waals surface area contributed by atoms with Crippen molar-refractivity contribution in [2.75, 3.05) is 18.1 Å². The molecule has 0 saturated heterocycles. The van der Waals surface area contributed by atoms with Gasteiger partial charge in [-0.25, -0.2) is 9.48 Å². The van der Waals surface area contributed by atoms with Crippen LogP contribution >= 0.6 is 11.8 Å². The highest BCUT2D eigenvalue weighted by Crippen LogP contribution is 2.41. The van der Waals surface area contributed by atoms with Crippen LogP contribution in [0, 0.1) is 5.92 Å². The predicted octanol–water partition coefficient (Wildman–Crippen LogP) is 3.12. The maximum atomic E-state index is 12.1. The van der Waals surface area contributed by atoms with Crippen LogP contribution < -0.4 is 5.73 Å². The van der Waals surface area contributed by atoms with Crippen molar-refractivity contribution in [1.29, 1.82) is 0 Å². The van der Waals surface area contributed by atoms with Gasteiger partial charge in [0.2, 0.25) is 0 Å². The Morgan fingerprint density at radius 3 is 2.80 bits per heavy atom. The van der Waals surface area contributed by atoms with Crippen molar-refractivity contribution in [1.82, 2.24) is 9.78 Å². The van der Waals surface area contributed by atoms with Crippen LogP contribution in [0.25, 0.3) is 0 Å². The number of nitrogens with zero attached hydrogens (tertiary/aromatic N) is 2. The van der Waals surface area contributed by atoms with Crippen LogP contribution in [-0.2, 0) is 4.74 Å². The Kier molecular flexibility index (Phi) is 4.96. The Balaban J connectivity index is 2.32. The molecule has 1 aliphatic rings. The lowest BCUT2D eigenvalue weighted by atomic mass is 10.2. The predicted molar refractivity (Wildman–Crippen MR) is 81.0 cm³/mol. The molecule has 1 fully saturated rings. The van der Waals surface area contributed by atoms with E-state index in [1.54, 1.807) is 18.7 Å². The number of aromatic nitrogens is 2. The second-order valence-corrected chi connectivity index (χ2v) is 6.24. The van der Waals surface area contributed by atoms with Crippen molar-refractivity contribution < 1.29 is 9.53 Å². The van der Waals surface area contributed by atoms with Crippen LogP contribution in [-0.4, -0.2) is 28.1 Å². The SMILES string of the molecule is CCCSc1nn(C(C)C2CC2)c(N)c1C(=O)OCC. The van der Waals surface area contributed by atoms with Gasteiger partial charge in [-0.05, 0) is 44.8 Å². The molecule has 0 radical (unpaired) electrons. The maximum Gasteiger partial charge on any atom is 0.344 e. The van der Waals surface area contributed by atoms with Crippen molar-refractivity contribution in [2.24, 2.45) is 5.92 Å². The highest BCUT2D eigenvalue weighted by Gasteiger charge is 2.33. The molecule has 1 atom stereocenters. The van der Waals surface area contributed by atoms with Crippen LogP contribution in [0.2, 0.25) is 0 Å². The third kappa shape index (κ3) is 3.11. The highest BCUT2D eigenvalue weighted by molar-refractivity contribution is 7.99. The minimum Gasteiger partial charge on any atom is -0.462 e.